The number of carbonyl (C=O) groups excluding carboxylic acids is 3. The van der Waals surface area contributed by atoms with Gasteiger partial charge in [-0.2, -0.15) is 0 Å². The van der Waals surface area contributed by atoms with Crippen molar-refractivity contribution in [3.8, 4) is 0 Å². The van der Waals surface area contributed by atoms with Gasteiger partial charge in [-0.25, -0.2) is 0 Å². The summed E-state index contributed by atoms with van der Waals surface area (Å²) in [6.07, 6.45) is 20.4. The molecule has 0 saturated heterocycles. The van der Waals surface area contributed by atoms with Gasteiger partial charge < -0.3 is 0 Å². The summed E-state index contributed by atoms with van der Waals surface area (Å²) >= 11 is 0. The third kappa shape index (κ3) is 19.2. The molecule has 0 heterocycles. The third-order valence-electron chi connectivity index (χ3n) is 7.44. The van der Waals surface area contributed by atoms with Crippen LogP contribution < -0.4 is 0 Å². The molecule has 4 heteroatoms. The summed E-state index contributed by atoms with van der Waals surface area (Å²) in [5.74, 6) is -0.0341. The molecule has 0 aliphatic carbocycles. The second-order valence-corrected chi connectivity index (χ2v) is 11.7. The van der Waals surface area contributed by atoms with E-state index < -0.39 is 0 Å². The topological polar surface area (TPSA) is 51.2 Å². The van der Waals surface area contributed by atoms with Crippen LogP contribution >= 0.6 is 0 Å². The first-order chi connectivity index (χ1) is 26.5. The number of ketones is 3. The summed E-state index contributed by atoms with van der Waals surface area (Å²) < 4.78 is 0. The standard InChI is InChI=1S/3C17H14O.Pt/c3*18-17(13-11-15-7-3-1-4-8-15)14-12-16-9-5-2-6-10-16;/h3*1-14H;/b13-11+,14-12+;2*13-11-,14-12+;. The van der Waals surface area contributed by atoms with Gasteiger partial charge in [-0.15, -0.1) is 0 Å². The molecular weight excluding hydrogens is 856 g/mol. The van der Waals surface area contributed by atoms with E-state index in [1.807, 2.05) is 218 Å². The van der Waals surface area contributed by atoms with Crippen molar-refractivity contribution in [3.05, 3.63) is 252 Å². The minimum Gasteiger partial charge on any atom is -0.290 e. The summed E-state index contributed by atoms with van der Waals surface area (Å²) in [4.78, 5) is 34.8. The first kappa shape index (κ1) is 42.9. The van der Waals surface area contributed by atoms with Gasteiger partial charge in [0.1, 0.15) is 0 Å². The van der Waals surface area contributed by atoms with Gasteiger partial charge in [0, 0.05) is 21.1 Å². The van der Waals surface area contributed by atoms with E-state index in [0.717, 1.165) is 33.4 Å². The predicted molar refractivity (Wildman–Crippen MR) is 228 cm³/mol. The van der Waals surface area contributed by atoms with Crippen LogP contribution in [0.4, 0.5) is 0 Å². The number of rotatable bonds is 12. The average Bonchev–Trinajstić information content (AvgIpc) is 3.24. The fraction of sp³-hybridized carbons (Fsp3) is 0. The monoisotopic (exact) mass is 897 g/mol. The van der Waals surface area contributed by atoms with Gasteiger partial charge >= 0.3 is 0 Å². The van der Waals surface area contributed by atoms with Crippen LogP contribution in [0.5, 0.6) is 0 Å². The first-order valence-electron chi connectivity index (χ1n) is 17.5. The van der Waals surface area contributed by atoms with Crippen molar-refractivity contribution in [3.63, 3.8) is 0 Å². The van der Waals surface area contributed by atoms with Gasteiger partial charge in [-0.1, -0.05) is 218 Å². The van der Waals surface area contributed by atoms with Crippen molar-refractivity contribution < 1.29 is 35.4 Å². The van der Waals surface area contributed by atoms with E-state index in [-0.39, 0.29) is 38.4 Å². The first-order valence-corrected chi connectivity index (χ1v) is 17.5. The van der Waals surface area contributed by atoms with Crippen molar-refractivity contribution in [2.75, 3.05) is 0 Å². The molecule has 0 saturated carbocycles. The maximum atomic E-state index is 11.6. The third-order valence-corrected chi connectivity index (χ3v) is 7.44. The Hall–Kier alpha value is -6.54. The molecular formula is C51H42O3Pt. The van der Waals surface area contributed by atoms with Crippen molar-refractivity contribution >= 4 is 53.8 Å². The van der Waals surface area contributed by atoms with Gasteiger partial charge in [0.05, 0.1) is 0 Å². The van der Waals surface area contributed by atoms with E-state index in [1.165, 1.54) is 0 Å². The molecule has 3 nitrogen and oxygen atoms in total. The van der Waals surface area contributed by atoms with Crippen molar-refractivity contribution in [1.29, 1.82) is 0 Å². The number of hydrogen-bond donors (Lipinski definition) is 0. The molecule has 0 aliphatic heterocycles. The van der Waals surface area contributed by atoms with Crippen LogP contribution in [0.2, 0.25) is 0 Å². The zero-order valence-electron chi connectivity index (χ0n) is 30.3. The molecule has 0 spiro atoms. The van der Waals surface area contributed by atoms with E-state index in [0.29, 0.717) is 0 Å². The van der Waals surface area contributed by atoms with E-state index in [2.05, 4.69) is 0 Å². The Morgan fingerprint density at radius 3 is 0.491 bits per heavy atom. The second-order valence-electron chi connectivity index (χ2n) is 11.7. The molecule has 0 aliphatic rings. The molecule has 55 heavy (non-hydrogen) atoms. The largest absolute Gasteiger partial charge is 0.290 e. The molecule has 6 aromatic rings. The Bertz CT molecular complexity index is 1760. The van der Waals surface area contributed by atoms with Crippen LogP contribution in [0.1, 0.15) is 33.4 Å². The van der Waals surface area contributed by atoms with Crippen LogP contribution in [-0.4, -0.2) is 17.3 Å². The van der Waals surface area contributed by atoms with E-state index in [9.17, 15) is 14.4 Å². The minimum absolute atomic E-state index is 0. The van der Waals surface area contributed by atoms with Crippen molar-refractivity contribution in [2.45, 2.75) is 0 Å². The minimum atomic E-state index is -0.0114. The quantitative estimate of drug-likeness (QED) is 0.115. The van der Waals surface area contributed by atoms with E-state index in [1.54, 1.807) is 36.5 Å². The summed E-state index contributed by atoms with van der Waals surface area (Å²) in [5.41, 5.74) is 6.16. The smallest absolute Gasteiger partial charge is 0.178 e. The average molecular weight is 898 g/mol. The Labute approximate surface area is 339 Å². The fourth-order valence-corrected chi connectivity index (χ4v) is 4.62. The van der Waals surface area contributed by atoms with Gasteiger partial charge in [0.15, 0.2) is 17.3 Å². The molecule has 0 aromatic heterocycles. The molecule has 0 amide bonds. The summed E-state index contributed by atoms with van der Waals surface area (Å²) in [7, 11) is 0. The zero-order valence-corrected chi connectivity index (χ0v) is 32.6. The number of hydrogen-bond acceptors (Lipinski definition) is 3. The molecule has 6 rings (SSSR count). The van der Waals surface area contributed by atoms with Gasteiger partial charge in [0.2, 0.25) is 0 Å². The SMILES string of the molecule is O=C(/C=C/c1ccccc1)/C=C/c1ccccc1.O=C(/C=C\c1ccccc1)/C=C/c1ccccc1.O=C(/C=C\c1ccccc1)/C=C/c1ccccc1.[Pt]. The maximum Gasteiger partial charge on any atom is 0.178 e. The van der Waals surface area contributed by atoms with Crippen LogP contribution in [0, 0.1) is 0 Å². The maximum absolute atomic E-state index is 11.6. The van der Waals surface area contributed by atoms with E-state index >= 15 is 0 Å². The second kappa shape index (κ2) is 26.3. The molecule has 0 radical (unpaired) electrons. The number of carbonyl (C=O) groups is 3. The molecule has 0 atom stereocenters. The zero-order chi connectivity index (χ0) is 37.9. The summed E-state index contributed by atoms with van der Waals surface area (Å²) in [6.45, 7) is 0. The molecule has 0 fully saturated rings. The molecule has 0 unspecified atom stereocenters. The summed E-state index contributed by atoms with van der Waals surface area (Å²) in [5, 5.41) is 0. The van der Waals surface area contributed by atoms with Crippen LogP contribution in [0.3, 0.4) is 0 Å². The Morgan fingerprint density at radius 1 is 0.236 bits per heavy atom. The Morgan fingerprint density at radius 2 is 0.364 bits per heavy atom. The van der Waals surface area contributed by atoms with Crippen molar-refractivity contribution in [1.82, 2.24) is 0 Å². The van der Waals surface area contributed by atoms with Crippen LogP contribution in [-0.2, 0) is 35.4 Å². The van der Waals surface area contributed by atoms with Gasteiger partial charge in [-0.05, 0) is 69.8 Å². The van der Waals surface area contributed by atoms with E-state index in [4.69, 9.17) is 0 Å². The van der Waals surface area contributed by atoms with Crippen molar-refractivity contribution in [2.24, 2.45) is 0 Å². The van der Waals surface area contributed by atoms with Crippen LogP contribution in [0.25, 0.3) is 36.5 Å². The summed E-state index contributed by atoms with van der Waals surface area (Å²) in [6, 6.07) is 58.7. The number of benzene rings is 6. The Balaban J connectivity index is 0.000000220. The molecule has 0 bridgehead atoms. The number of allylic oxidation sites excluding steroid dienone is 6. The fourth-order valence-electron chi connectivity index (χ4n) is 4.62. The predicted octanol–water partition coefficient (Wildman–Crippen LogP) is 11.9. The molecule has 0 N–H and O–H groups in total. The van der Waals surface area contributed by atoms with Gasteiger partial charge in [-0.3, -0.25) is 14.4 Å². The normalized spacial score (nSPS) is 10.9. The van der Waals surface area contributed by atoms with Gasteiger partial charge in [0.25, 0.3) is 0 Å². The van der Waals surface area contributed by atoms with Crippen LogP contribution in [0.15, 0.2) is 218 Å². The molecule has 274 valence electrons. The Kier molecular flexibility index (Phi) is 20.5. The molecule has 6 aromatic carbocycles.